The quantitative estimate of drug-likeness (QED) is 0.364. The summed E-state index contributed by atoms with van der Waals surface area (Å²) in [5, 5.41) is 2.37. The average molecular weight is 729 g/mol. The first kappa shape index (κ1) is 36.9. The minimum Gasteiger partial charge on any atom is -0.444 e. The van der Waals surface area contributed by atoms with Gasteiger partial charge >= 0.3 is 11.8 Å². The van der Waals surface area contributed by atoms with Crippen LogP contribution in [0.15, 0.2) is 53.3 Å². The summed E-state index contributed by atoms with van der Waals surface area (Å²) in [6, 6.07) is 14.7. The van der Waals surface area contributed by atoms with Crippen molar-refractivity contribution < 1.29 is 28.7 Å². The van der Waals surface area contributed by atoms with Crippen molar-refractivity contribution in [3.05, 3.63) is 70.1 Å². The van der Waals surface area contributed by atoms with E-state index in [0.29, 0.717) is 44.1 Å². The second-order valence-corrected chi connectivity index (χ2v) is 16.2. The lowest BCUT2D eigenvalue weighted by atomic mass is 9.89. The number of aryl methyl sites for hydroxylation is 1. The molecule has 4 aliphatic rings. The molecule has 284 valence electrons. The number of fused-ring (bicyclic) bond motifs is 1. The third-order valence-corrected chi connectivity index (χ3v) is 11.4. The van der Waals surface area contributed by atoms with Gasteiger partial charge < -0.3 is 19.3 Å². The lowest BCUT2D eigenvalue weighted by Crippen LogP contribution is -2.55. The number of hydrogen-bond donors (Lipinski definition) is 1. The van der Waals surface area contributed by atoms with E-state index < -0.39 is 29.7 Å². The van der Waals surface area contributed by atoms with Gasteiger partial charge in [-0.25, -0.2) is 9.59 Å². The first-order chi connectivity index (χ1) is 25.4. The van der Waals surface area contributed by atoms with Crippen molar-refractivity contribution in [3.63, 3.8) is 0 Å². The van der Waals surface area contributed by atoms with E-state index in [2.05, 4.69) is 16.3 Å². The van der Waals surface area contributed by atoms with Gasteiger partial charge in [0.05, 0.1) is 24.2 Å². The van der Waals surface area contributed by atoms with E-state index in [9.17, 15) is 24.0 Å². The molecule has 2 aromatic carbocycles. The fourth-order valence-corrected chi connectivity index (χ4v) is 8.62. The molecule has 0 radical (unpaired) electrons. The van der Waals surface area contributed by atoms with E-state index in [1.807, 2.05) is 68.1 Å². The first-order valence-electron chi connectivity index (χ1n) is 19.1. The summed E-state index contributed by atoms with van der Waals surface area (Å²) in [5.41, 5.74) is 2.71. The number of piperidine rings is 2. The summed E-state index contributed by atoms with van der Waals surface area (Å²) >= 11 is 0. The minimum absolute atomic E-state index is 0.0123. The minimum atomic E-state index is -0.704. The highest BCUT2D eigenvalue weighted by Gasteiger charge is 2.46. The molecule has 53 heavy (non-hydrogen) atoms. The highest BCUT2D eigenvalue weighted by Crippen LogP contribution is 2.33. The van der Waals surface area contributed by atoms with E-state index in [-0.39, 0.29) is 35.9 Å². The highest BCUT2D eigenvalue weighted by atomic mass is 16.6. The number of hydrogen-bond acceptors (Lipinski definition) is 8. The first-order valence-corrected chi connectivity index (χ1v) is 19.1. The molecule has 0 spiro atoms. The Balaban J connectivity index is 1.00. The predicted octanol–water partition coefficient (Wildman–Crippen LogP) is 3.80. The summed E-state index contributed by atoms with van der Waals surface area (Å²) in [6.45, 7) is 9.93. The standard InChI is InChI=1S/C40H52N6O7/c1-40(2,3)53-39(51)45-19-16-29(35(45)37(49)44-20-21-52-33(25-44)28-8-6-5-7-9-28)24-43-17-14-26(15-18-43)22-27-10-11-30-32(23-27)42(4)38(50)46(30)31-12-13-34(47)41-36(31)48/h5-11,23,26,29,31,33,35H,12-22,24-25H2,1-4H3,(H,41,47,48)/t29-,31?,33-,35-/m0/s1. The van der Waals surface area contributed by atoms with Gasteiger partial charge in [0, 0.05) is 39.0 Å². The fourth-order valence-electron chi connectivity index (χ4n) is 8.62. The Morgan fingerprint density at radius 3 is 2.40 bits per heavy atom. The maximum absolute atomic E-state index is 14.4. The van der Waals surface area contributed by atoms with Crippen LogP contribution < -0.4 is 11.0 Å². The van der Waals surface area contributed by atoms with Gasteiger partial charge in [0.15, 0.2) is 0 Å². The zero-order valence-electron chi connectivity index (χ0n) is 31.3. The van der Waals surface area contributed by atoms with Gasteiger partial charge in [-0.15, -0.1) is 0 Å². The van der Waals surface area contributed by atoms with E-state index in [0.717, 1.165) is 62.0 Å². The average Bonchev–Trinajstić information content (AvgIpc) is 3.66. The number of imidazole rings is 1. The van der Waals surface area contributed by atoms with Crippen LogP contribution in [0.4, 0.5) is 4.79 Å². The molecule has 4 saturated heterocycles. The number of carbonyl (C=O) groups excluding carboxylic acids is 4. The normalized spacial score (nSPS) is 24.8. The monoisotopic (exact) mass is 728 g/mol. The Bertz CT molecular complexity index is 1910. The summed E-state index contributed by atoms with van der Waals surface area (Å²) in [4.78, 5) is 71.4. The van der Waals surface area contributed by atoms with Crippen molar-refractivity contribution in [2.75, 3.05) is 45.9 Å². The summed E-state index contributed by atoms with van der Waals surface area (Å²) in [5.74, 6) is -0.330. The maximum atomic E-state index is 14.4. The van der Waals surface area contributed by atoms with Crippen LogP contribution in [0.25, 0.3) is 11.0 Å². The second kappa shape index (κ2) is 15.1. The number of imide groups is 1. The van der Waals surface area contributed by atoms with Gasteiger partial charge in [-0.3, -0.25) is 33.7 Å². The number of rotatable bonds is 7. The number of amides is 4. The lowest BCUT2D eigenvalue weighted by molar-refractivity contribution is -0.145. The zero-order valence-corrected chi connectivity index (χ0v) is 31.3. The SMILES string of the molecule is Cn1c(=O)n(C2CCC(=O)NC2=O)c2ccc(CC3CCN(C[C@@H]4CCN(C(=O)OC(C)(C)C)[C@@H]4C(=O)N4CCO[C@H](c5ccccc5)C4)CC3)cc21. The molecule has 7 rings (SSSR count). The van der Waals surface area contributed by atoms with Gasteiger partial charge in [0.2, 0.25) is 17.7 Å². The predicted molar refractivity (Wildman–Crippen MR) is 198 cm³/mol. The molecule has 13 nitrogen and oxygen atoms in total. The van der Waals surface area contributed by atoms with Crippen LogP contribution in [0.5, 0.6) is 0 Å². The van der Waals surface area contributed by atoms with Crippen molar-refractivity contribution in [3.8, 4) is 0 Å². The molecular weight excluding hydrogens is 676 g/mol. The van der Waals surface area contributed by atoms with Crippen LogP contribution in [0, 0.1) is 11.8 Å². The summed E-state index contributed by atoms with van der Waals surface area (Å²) in [6.07, 6.45) is 3.47. The number of ether oxygens (including phenoxy) is 2. The van der Waals surface area contributed by atoms with E-state index >= 15 is 0 Å². The van der Waals surface area contributed by atoms with Crippen LogP contribution in [0.2, 0.25) is 0 Å². The number of likely N-dealkylation sites (tertiary alicyclic amines) is 2. The molecule has 0 aliphatic carbocycles. The molecule has 3 aromatic rings. The third kappa shape index (κ3) is 7.91. The summed E-state index contributed by atoms with van der Waals surface area (Å²) in [7, 11) is 1.72. The number of morpholine rings is 1. The highest BCUT2D eigenvalue weighted by molar-refractivity contribution is 6.00. The maximum Gasteiger partial charge on any atom is 0.410 e. The Labute approximate surface area is 310 Å². The zero-order chi connectivity index (χ0) is 37.4. The molecule has 4 amide bonds. The number of benzene rings is 2. The number of aromatic nitrogens is 2. The van der Waals surface area contributed by atoms with Gasteiger partial charge in [-0.05, 0) is 95.1 Å². The lowest BCUT2D eigenvalue weighted by Gasteiger charge is -2.39. The Morgan fingerprint density at radius 1 is 0.925 bits per heavy atom. The van der Waals surface area contributed by atoms with Crippen molar-refractivity contribution in [1.82, 2.24) is 29.2 Å². The van der Waals surface area contributed by atoms with Crippen molar-refractivity contribution in [1.29, 1.82) is 0 Å². The molecule has 5 heterocycles. The van der Waals surface area contributed by atoms with Gasteiger partial charge in [0.25, 0.3) is 0 Å². The van der Waals surface area contributed by atoms with Crippen LogP contribution in [-0.2, 0) is 37.3 Å². The fraction of sp³-hybridized carbons (Fsp3) is 0.575. The number of nitrogens with zero attached hydrogens (tertiary/aromatic N) is 5. The summed E-state index contributed by atoms with van der Waals surface area (Å²) < 4.78 is 15.0. The topological polar surface area (TPSA) is 135 Å². The van der Waals surface area contributed by atoms with Crippen LogP contribution >= 0.6 is 0 Å². The van der Waals surface area contributed by atoms with Gasteiger partial charge in [-0.2, -0.15) is 0 Å². The van der Waals surface area contributed by atoms with Crippen LogP contribution in [0.3, 0.4) is 0 Å². The molecule has 13 heteroatoms. The van der Waals surface area contributed by atoms with Crippen molar-refractivity contribution >= 4 is 34.8 Å². The third-order valence-electron chi connectivity index (χ3n) is 11.4. The van der Waals surface area contributed by atoms with Gasteiger partial charge in [-0.1, -0.05) is 36.4 Å². The molecule has 4 aliphatic heterocycles. The van der Waals surface area contributed by atoms with Crippen molar-refractivity contribution in [2.24, 2.45) is 18.9 Å². The molecule has 0 bridgehead atoms. The molecule has 1 aromatic heterocycles. The molecule has 4 fully saturated rings. The van der Waals surface area contributed by atoms with E-state index in [1.54, 1.807) is 16.5 Å². The number of nitrogens with one attached hydrogen (secondary N) is 1. The van der Waals surface area contributed by atoms with Gasteiger partial charge in [0.1, 0.15) is 23.8 Å². The van der Waals surface area contributed by atoms with E-state index in [4.69, 9.17) is 9.47 Å². The second-order valence-electron chi connectivity index (χ2n) is 16.2. The molecular formula is C40H52N6O7. The molecule has 4 atom stereocenters. The number of carbonyl (C=O) groups is 4. The largest absolute Gasteiger partial charge is 0.444 e. The Hall–Kier alpha value is -4.49. The van der Waals surface area contributed by atoms with Crippen LogP contribution in [0.1, 0.15) is 76.1 Å². The smallest absolute Gasteiger partial charge is 0.410 e. The molecule has 0 saturated carbocycles. The molecule has 1 unspecified atom stereocenters. The van der Waals surface area contributed by atoms with Crippen LogP contribution in [-0.4, -0.2) is 105 Å². The molecule has 1 N–H and O–H groups in total. The Kier molecular flexibility index (Phi) is 10.5. The Morgan fingerprint density at radius 2 is 1.68 bits per heavy atom. The van der Waals surface area contributed by atoms with E-state index in [1.165, 1.54) is 4.57 Å². The van der Waals surface area contributed by atoms with Crippen molar-refractivity contribution in [2.45, 2.75) is 83.1 Å².